The molecule has 12 rings (SSSR count). The number of benzene rings is 2. The molecule has 3 N–H and O–H groups in total. The highest BCUT2D eigenvalue weighted by Crippen LogP contribution is 2.36. The van der Waals surface area contributed by atoms with Crippen LogP contribution >= 0.6 is 0 Å². The van der Waals surface area contributed by atoms with Gasteiger partial charge in [-0.15, -0.1) is 0 Å². The number of carbonyl (C=O) groups excluding carboxylic acids is 1. The van der Waals surface area contributed by atoms with E-state index in [4.69, 9.17) is 45.3 Å². The SMILES string of the molecule is CC(=O)Nc1ccc(-c2nc(N3C[C@@H](C)O[C@@H](C)C3)c3cnn(C4CCN(Cc5cccnc5)CC4)c3n2)cc1.C[C@@H]1CN(c2nc(-c3ccc(N)cc3)nc3c2cnn3C2CCN(Cc3cccnc3)CC2)C[C@H](C)O1. The molecule has 400 valence electrons. The first-order chi connectivity index (χ1) is 37.5. The number of likely N-dealkylation sites (tertiary alicyclic amines) is 2. The molecule has 6 aromatic heterocycles. The zero-order chi connectivity index (χ0) is 53.0. The van der Waals surface area contributed by atoms with E-state index in [2.05, 4.69) is 84.1 Å². The summed E-state index contributed by atoms with van der Waals surface area (Å²) in [5.74, 6) is 3.08. The third-order valence-corrected chi connectivity index (χ3v) is 15.0. The number of hydrogen-bond donors (Lipinski definition) is 2. The molecule has 0 saturated carbocycles. The molecule has 4 aliphatic heterocycles. The van der Waals surface area contributed by atoms with Crippen molar-refractivity contribution in [3.05, 3.63) is 121 Å². The Kier molecular flexibility index (Phi) is 15.4. The normalized spacial score (nSPS) is 21.1. The lowest BCUT2D eigenvalue weighted by atomic mass is 10.0. The second-order valence-corrected chi connectivity index (χ2v) is 21.3. The Balaban J connectivity index is 0.000000164. The highest BCUT2D eigenvalue weighted by Gasteiger charge is 2.31. The first kappa shape index (κ1) is 51.6. The van der Waals surface area contributed by atoms with Crippen molar-refractivity contribution in [2.75, 3.05) is 73.2 Å². The molecule has 4 saturated heterocycles. The van der Waals surface area contributed by atoms with Gasteiger partial charge >= 0.3 is 0 Å². The maximum Gasteiger partial charge on any atom is 0.221 e. The predicted octanol–water partition coefficient (Wildman–Crippen LogP) is 8.22. The molecular weight excluding hydrogens is 969 g/mol. The van der Waals surface area contributed by atoms with Crippen LogP contribution in [-0.4, -0.2) is 142 Å². The third-order valence-electron chi connectivity index (χ3n) is 15.0. The van der Waals surface area contributed by atoms with Gasteiger partial charge in [-0.3, -0.25) is 24.6 Å². The Labute approximate surface area is 449 Å². The first-order valence-electron chi connectivity index (χ1n) is 27.2. The molecule has 77 heavy (non-hydrogen) atoms. The minimum absolute atomic E-state index is 0.0985. The molecule has 2 aromatic carbocycles. The second kappa shape index (κ2) is 23.0. The van der Waals surface area contributed by atoms with Gasteiger partial charge in [0.1, 0.15) is 11.6 Å². The van der Waals surface area contributed by atoms with Crippen LogP contribution in [0, 0.1) is 0 Å². The number of carbonyl (C=O) groups is 1. The fraction of sp³-hybridized carbons (Fsp3) is 0.431. The van der Waals surface area contributed by atoms with Crippen LogP contribution in [0.4, 0.5) is 23.0 Å². The second-order valence-electron chi connectivity index (χ2n) is 21.3. The molecule has 0 radical (unpaired) electrons. The van der Waals surface area contributed by atoms with Gasteiger partial charge in [-0.2, -0.15) is 10.2 Å². The number of anilines is 4. The monoisotopic (exact) mass is 1040 g/mol. The van der Waals surface area contributed by atoms with Crippen LogP contribution in [0.1, 0.15) is 83.5 Å². The Hall–Kier alpha value is -7.45. The summed E-state index contributed by atoms with van der Waals surface area (Å²) in [7, 11) is 0. The molecule has 0 spiro atoms. The predicted molar refractivity (Wildman–Crippen MR) is 300 cm³/mol. The summed E-state index contributed by atoms with van der Waals surface area (Å²) in [6.07, 6.45) is 16.0. The number of rotatable bonds is 11. The van der Waals surface area contributed by atoms with Crippen molar-refractivity contribution >= 4 is 51.0 Å². The Morgan fingerprint density at radius 3 is 1.38 bits per heavy atom. The van der Waals surface area contributed by atoms with Gasteiger partial charge < -0.3 is 30.3 Å². The van der Waals surface area contributed by atoms with Crippen LogP contribution in [0.2, 0.25) is 0 Å². The number of piperidine rings is 2. The van der Waals surface area contributed by atoms with Crippen LogP contribution in [0.15, 0.2) is 110 Å². The number of morpholine rings is 2. The molecule has 4 aliphatic rings. The highest BCUT2D eigenvalue weighted by atomic mass is 16.5. The Bertz CT molecular complexity index is 3230. The molecule has 0 unspecified atom stereocenters. The summed E-state index contributed by atoms with van der Waals surface area (Å²) >= 11 is 0. The third kappa shape index (κ3) is 12.1. The fourth-order valence-electron chi connectivity index (χ4n) is 11.5. The number of amides is 1. The summed E-state index contributed by atoms with van der Waals surface area (Å²) in [5, 5.41) is 14.6. The van der Waals surface area contributed by atoms with Crippen molar-refractivity contribution in [3.63, 3.8) is 0 Å². The van der Waals surface area contributed by atoms with E-state index in [1.807, 2.05) is 97.8 Å². The van der Waals surface area contributed by atoms with Gasteiger partial charge in [0.25, 0.3) is 0 Å². The number of hydrogen-bond acceptors (Lipinski definition) is 16. The lowest BCUT2D eigenvalue weighted by Crippen LogP contribution is -2.46. The maximum atomic E-state index is 11.5. The van der Waals surface area contributed by atoms with Gasteiger partial charge in [0.05, 0.1) is 59.7 Å². The number of nitrogen functional groups attached to an aromatic ring is 1. The van der Waals surface area contributed by atoms with Gasteiger partial charge in [-0.25, -0.2) is 29.3 Å². The van der Waals surface area contributed by atoms with E-state index >= 15 is 0 Å². The smallest absolute Gasteiger partial charge is 0.221 e. The van der Waals surface area contributed by atoms with Gasteiger partial charge in [-0.05, 0) is 125 Å². The number of aromatic nitrogens is 10. The van der Waals surface area contributed by atoms with E-state index in [1.165, 1.54) is 18.1 Å². The molecule has 1 amide bonds. The van der Waals surface area contributed by atoms with Gasteiger partial charge in [-0.1, -0.05) is 12.1 Å². The van der Waals surface area contributed by atoms with Crippen LogP contribution in [0.3, 0.4) is 0 Å². The van der Waals surface area contributed by atoms with E-state index < -0.39 is 0 Å². The maximum absolute atomic E-state index is 11.5. The van der Waals surface area contributed by atoms with Gasteiger partial charge in [0.2, 0.25) is 5.91 Å². The standard InChI is InChI=1S/C30H36N8O2.C28H34N8O/c1-20-17-37(18-21(2)40-20)29-27-16-32-38(26-10-13-36(14-11-26)19-23-5-4-12-31-15-23)30(27)35-28(34-29)24-6-8-25(9-7-24)33-22(3)39;1-19-16-35(17-20(2)37-19)27-25-15-31-36(28(25)33-26(32-27)22-5-7-23(29)8-6-22)24-9-12-34(13-10-24)18-21-4-3-11-30-14-21/h4-9,12,15-16,20-21,26H,10-11,13-14,17-19H2,1-3H3,(H,33,39);3-8,11,14-15,19-20,24H,9-10,12-13,16-18,29H2,1-2H3/t20-,21+;19-,20+. The number of nitrogens with two attached hydrogens (primary N) is 1. The average Bonchev–Trinajstić information content (AvgIpc) is 4.07. The molecular formula is C58H70N16O3. The van der Waals surface area contributed by atoms with Crippen LogP contribution < -0.4 is 20.9 Å². The molecule has 19 nitrogen and oxygen atoms in total. The van der Waals surface area contributed by atoms with Crippen molar-refractivity contribution in [3.8, 4) is 22.8 Å². The number of nitrogens with one attached hydrogen (secondary N) is 1. The van der Waals surface area contributed by atoms with Crippen molar-refractivity contribution in [1.82, 2.24) is 59.3 Å². The largest absolute Gasteiger partial charge is 0.399 e. The first-order valence-corrected chi connectivity index (χ1v) is 27.2. The number of pyridine rings is 2. The van der Waals surface area contributed by atoms with E-state index in [9.17, 15) is 4.79 Å². The van der Waals surface area contributed by atoms with E-state index in [1.54, 1.807) is 0 Å². The number of fused-ring (bicyclic) bond motifs is 2. The van der Waals surface area contributed by atoms with Gasteiger partial charge in [0.15, 0.2) is 22.9 Å². The lowest BCUT2D eigenvalue weighted by molar-refractivity contribution is -0.114. The van der Waals surface area contributed by atoms with Crippen LogP contribution in [-0.2, 0) is 27.4 Å². The molecule has 4 fully saturated rings. The minimum atomic E-state index is -0.0985. The zero-order valence-corrected chi connectivity index (χ0v) is 44.8. The van der Waals surface area contributed by atoms with E-state index in [-0.39, 0.29) is 36.4 Å². The molecule has 4 atom stereocenters. The topological polar surface area (TPSA) is 200 Å². The molecule has 10 heterocycles. The molecule has 19 heteroatoms. The molecule has 8 aromatic rings. The van der Waals surface area contributed by atoms with Crippen molar-refractivity contribution in [2.45, 2.75) is 110 Å². The summed E-state index contributed by atoms with van der Waals surface area (Å²) in [6.45, 7) is 18.9. The summed E-state index contributed by atoms with van der Waals surface area (Å²) in [6, 6.07) is 24.3. The summed E-state index contributed by atoms with van der Waals surface area (Å²) < 4.78 is 16.3. The van der Waals surface area contributed by atoms with E-state index in [0.29, 0.717) is 17.7 Å². The molecule has 0 bridgehead atoms. The summed E-state index contributed by atoms with van der Waals surface area (Å²) in [4.78, 5) is 49.9. The van der Waals surface area contributed by atoms with Crippen LogP contribution in [0.25, 0.3) is 44.8 Å². The van der Waals surface area contributed by atoms with Gasteiger partial charge in [0, 0.05) is 120 Å². The number of nitrogens with zero attached hydrogens (tertiary/aromatic N) is 14. The number of ether oxygens (including phenoxy) is 2. The average molecular weight is 1040 g/mol. The Morgan fingerprint density at radius 2 is 0.987 bits per heavy atom. The van der Waals surface area contributed by atoms with Crippen LogP contribution in [0.5, 0.6) is 0 Å². The zero-order valence-electron chi connectivity index (χ0n) is 44.8. The lowest BCUT2D eigenvalue weighted by Gasteiger charge is -2.36. The van der Waals surface area contributed by atoms with Crippen molar-refractivity contribution < 1.29 is 14.3 Å². The van der Waals surface area contributed by atoms with Crippen molar-refractivity contribution in [1.29, 1.82) is 0 Å². The molecule has 0 aliphatic carbocycles. The Morgan fingerprint density at radius 1 is 0.571 bits per heavy atom. The summed E-state index contributed by atoms with van der Waals surface area (Å²) in [5.41, 5.74) is 13.5. The highest BCUT2D eigenvalue weighted by molar-refractivity contribution is 5.91. The van der Waals surface area contributed by atoms with Crippen molar-refractivity contribution in [2.24, 2.45) is 0 Å². The minimum Gasteiger partial charge on any atom is -0.399 e. The quantitative estimate of drug-likeness (QED) is 0.117. The fourth-order valence-corrected chi connectivity index (χ4v) is 11.5. The van der Waals surface area contributed by atoms with E-state index in [0.717, 1.165) is 147 Å².